The van der Waals surface area contributed by atoms with Gasteiger partial charge in [0, 0.05) is 30.9 Å². The number of piperidine rings is 1. The maximum Gasteiger partial charge on any atom is 0.222 e. The van der Waals surface area contributed by atoms with E-state index in [1.54, 1.807) is 0 Å². The van der Waals surface area contributed by atoms with Gasteiger partial charge in [0.25, 0.3) is 0 Å². The fourth-order valence-electron chi connectivity index (χ4n) is 3.08. The van der Waals surface area contributed by atoms with Gasteiger partial charge in [-0.15, -0.1) is 0 Å². The van der Waals surface area contributed by atoms with Gasteiger partial charge in [0.15, 0.2) is 0 Å². The van der Waals surface area contributed by atoms with Gasteiger partial charge in [0.2, 0.25) is 5.95 Å². The van der Waals surface area contributed by atoms with Gasteiger partial charge in [0.1, 0.15) is 5.82 Å². The van der Waals surface area contributed by atoms with Crippen LogP contribution in [0.3, 0.4) is 0 Å². The van der Waals surface area contributed by atoms with Crippen LogP contribution in [-0.4, -0.2) is 35.6 Å². The van der Waals surface area contributed by atoms with Crippen molar-refractivity contribution < 1.29 is 0 Å². The van der Waals surface area contributed by atoms with Crippen LogP contribution in [0.4, 0.5) is 11.8 Å². The fourth-order valence-corrected chi connectivity index (χ4v) is 3.08. The number of aromatic nitrogens is 2. The van der Waals surface area contributed by atoms with Gasteiger partial charge in [0.05, 0.1) is 0 Å². The minimum absolute atomic E-state index is 0.396. The van der Waals surface area contributed by atoms with Crippen molar-refractivity contribution in [1.82, 2.24) is 15.3 Å². The van der Waals surface area contributed by atoms with Crippen molar-refractivity contribution in [3.63, 3.8) is 0 Å². The molecule has 0 spiro atoms. The van der Waals surface area contributed by atoms with E-state index in [0.29, 0.717) is 12.0 Å². The molecule has 3 rings (SSSR count). The van der Waals surface area contributed by atoms with Crippen LogP contribution in [0.5, 0.6) is 0 Å². The summed E-state index contributed by atoms with van der Waals surface area (Å²) in [6.45, 7) is 5.39. The molecule has 0 radical (unpaired) electrons. The topological polar surface area (TPSA) is 67.1 Å². The zero-order valence-corrected chi connectivity index (χ0v) is 10.9. The van der Waals surface area contributed by atoms with E-state index in [-0.39, 0.29) is 0 Å². The molecule has 0 aromatic carbocycles. The summed E-state index contributed by atoms with van der Waals surface area (Å²) in [7, 11) is 0. The first-order valence-corrected chi connectivity index (χ1v) is 6.88. The number of fused-ring (bicyclic) bond motifs is 1. The number of nitrogens with zero attached hydrogens (tertiary/aromatic N) is 3. The van der Waals surface area contributed by atoms with Crippen LogP contribution in [-0.2, 0) is 6.42 Å². The highest BCUT2D eigenvalue weighted by Gasteiger charge is 2.34. The molecule has 2 atom stereocenters. The Kier molecular flexibility index (Phi) is 3.07. The number of nitrogens with two attached hydrogens (primary N) is 1. The minimum Gasteiger partial charge on any atom is -0.368 e. The van der Waals surface area contributed by atoms with Crippen molar-refractivity contribution >= 4 is 11.8 Å². The van der Waals surface area contributed by atoms with E-state index >= 15 is 0 Å². The number of aryl methyl sites for hydroxylation is 1. The standard InChI is InChI=1S/C13H21N5/c1-2-10-6-12(17-13(14)16-10)18-7-9-4-3-5-15-11(9)8-18/h6,9,11,15H,2-5,7-8H2,1H3,(H2,14,16,17)/t9-,11+/m1/s1. The molecule has 0 bridgehead atoms. The van der Waals surface area contributed by atoms with Crippen LogP contribution in [0.2, 0.25) is 0 Å². The molecule has 5 heteroatoms. The van der Waals surface area contributed by atoms with Gasteiger partial charge in [-0.05, 0) is 31.7 Å². The molecule has 3 heterocycles. The molecular weight excluding hydrogens is 226 g/mol. The van der Waals surface area contributed by atoms with Crippen molar-refractivity contribution in [3.05, 3.63) is 11.8 Å². The van der Waals surface area contributed by atoms with Gasteiger partial charge < -0.3 is 16.0 Å². The molecule has 3 N–H and O–H groups in total. The van der Waals surface area contributed by atoms with Crippen LogP contribution in [0.1, 0.15) is 25.5 Å². The average Bonchev–Trinajstić information content (AvgIpc) is 2.81. The summed E-state index contributed by atoms with van der Waals surface area (Å²) in [6, 6.07) is 2.70. The monoisotopic (exact) mass is 247 g/mol. The molecule has 2 saturated heterocycles. The molecule has 1 aromatic heterocycles. The number of hydrogen-bond acceptors (Lipinski definition) is 5. The summed E-state index contributed by atoms with van der Waals surface area (Å²) >= 11 is 0. The van der Waals surface area contributed by atoms with Gasteiger partial charge in [-0.25, -0.2) is 4.98 Å². The van der Waals surface area contributed by atoms with Crippen LogP contribution in [0.15, 0.2) is 6.07 Å². The quantitative estimate of drug-likeness (QED) is 0.809. The summed E-state index contributed by atoms with van der Waals surface area (Å²) in [4.78, 5) is 11.0. The van der Waals surface area contributed by atoms with Crippen LogP contribution >= 0.6 is 0 Å². The molecule has 5 nitrogen and oxygen atoms in total. The summed E-state index contributed by atoms with van der Waals surface area (Å²) in [5, 5.41) is 3.61. The number of rotatable bonds is 2. The predicted octanol–water partition coefficient (Wildman–Crippen LogP) is 0.809. The highest BCUT2D eigenvalue weighted by atomic mass is 15.3. The van der Waals surface area contributed by atoms with Gasteiger partial charge in [-0.1, -0.05) is 6.92 Å². The molecule has 0 unspecified atom stereocenters. The van der Waals surface area contributed by atoms with Crippen molar-refractivity contribution in [2.45, 2.75) is 32.2 Å². The SMILES string of the molecule is CCc1cc(N2C[C@H]3CCCN[C@H]3C2)nc(N)n1. The molecule has 98 valence electrons. The van der Waals surface area contributed by atoms with E-state index < -0.39 is 0 Å². The predicted molar refractivity (Wildman–Crippen MR) is 72.6 cm³/mol. The zero-order valence-electron chi connectivity index (χ0n) is 10.9. The van der Waals surface area contributed by atoms with Crippen molar-refractivity contribution in [2.75, 3.05) is 30.3 Å². The smallest absolute Gasteiger partial charge is 0.222 e. The Bertz CT molecular complexity index is 419. The average molecular weight is 247 g/mol. The lowest BCUT2D eigenvalue weighted by atomic mass is 9.94. The lowest BCUT2D eigenvalue weighted by molar-refractivity contribution is 0.340. The van der Waals surface area contributed by atoms with Crippen molar-refractivity contribution in [1.29, 1.82) is 0 Å². The van der Waals surface area contributed by atoms with Gasteiger partial charge >= 0.3 is 0 Å². The van der Waals surface area contributed by atoms with E-state index in [1.165, 1.54) is 12.8 Å². The normalized spacial score (nSPS) is 27.3. The Hall–Kier alpha value is -1.36. The summed E-state index contributed by atoms with van der Waals surface area (Å²) in [5.41, 5.74) is 6.81. The molecule has 0 amide bonds. The second-order valence-corrected chi connectivity index (χ2v) is 5.30. The minimum atomic E-state index is 0.396. The lowest BCUT2D eigenvalue weighted by Crippen LogP contribution is -2.40. The van der Waals surface area contributed by atoms with E-state index in [2.05, 4.69) is 33.2 Å². The molecule has 18 heavy (non-hydrogen) atoms. The lowest BCUT2D eigenvalue weighted by Gasteiger charge is -2.24. The Morgan fingerprint density at radius 2 is 2.33 bits per heavy atom. The first kappa shape index (κ1) is 11.7. The van der Waals surface area contributed by atoms with E-state index in [4.69, 9.17) is 5.73 Å². The van der Waals surface area contributed by atoms with Crippen LogP contribution in [0, 0.1) is 5.92 Å². The molecular formula is C13H21N5. The third-order valence-corrected chi connectivity index (χ3v) is 4.07. The maximum absolute atomic E-state index is 5.78. The van der Waals surface area contributed by atoms with Gasteiger partial charge in [-0.3, -0.25) is 0 Å². The zero-order chi connectivity index (χ0) is 12.5. The summed E-state index contributed by atoms with van der Waals surface area (Å²) in [6.07, 6.45) is 3.52. The highest BCUT2D eigenvalue weighted by Crippen LogP contribution is 2.28. The Balaban J connectivity index is 1.81. The Morgan fingerprint density at radius 1 is 1.44 bits per heavy atom. The summed E-state index contributed by atoms with van der Waals surface area (Å²) < 4.78 is 0. The largest absolute Gasteiger partial charge is 0.368 e. The second kappa shape index (κ2) is 4.72. The third-order valence-electron chi connectivity index (χ3n) is 4.07. The van der Waals surface area contributed by atoms with Crippen LogP contribution < -0.4 is 16.0 Å². The number of hydrogen-bond donors (Lipinski definition) is 2. The van der Waals surface area contributed by atoms with Gasteiger partial charge in [-0.2, -0.15) is 4.98 Å². The van der Waals surface area contributed by atoms with E-state index in [1.807, 2.05) is 0 Å². The first-order valence-electron chi connectivity index (χ1n) is 6.88. The number of anilines is 2. The first-order chi connectivity index (χ1) is 8.76. The van der Waals surface area contributed by atoms with Crippen molar-refractivity contribution in [2.24, 2.45) is 5.92 Å². The third kappa shape index (κ3) is 2.14. The van der Waals surface area contributed by atoms with Crippen molar-refractivity contribution in [3.8, 4) is 0 Å². The molecule has 0 saturated carbocycles. The molecule has 2 aliphatic heterocycles. The molecule has 2 fully saturated rings. The highest BCUT2D eigenvalue weighted by molar-refractivity contribution is 5.45. The molecule has 2 aliphatic rings. The number of nitrogens with one attached hydrogen (secondary N) is 1. The molecule has 1 aromatic rings. The Labute approximate surface area is 108 Å². The second-order valence-electron chi connectivity index (χ2n) is 5.30. The van der Waals surface area contributed by atoms with E-state index in [9.17, 15) is 0 Å². The number of nitrogen functional groups attached to an aromatic ring is 1. The summed E-state index contributed by atoms with van der Waals surface area (Å²) in [5.74, 6) is 2.16. The van der Waals surface area contributed by atoms with Crippen LogP contribution in [0.25, 0.3) is 0 Å². The maximum atomic E-state index is 5.78. The fraction of sp³-hybridized carbons (Fsp3) is 0.692. The Morgan fingerprint density at radius 3 is 3.11 bits per heavy atom. The molecule has 0 aliphatic carbocycles. The van der Waals surface area contributed by atoms with E-state index in [0.717, 1.165) is 43.5 Å².